The van der Waals surface area contributed by atoms with Crippen LogP contribution in [0, 0.1) is 0 Å². The van der Waals surface area contributed by atoms with E-state index in [-0.39, 0.29) is 5.54 Å². The number of anilines is 1. The summed E-state index contributed by atoms with van der Waals surface area (Å²) in [4.78, 5) is 4.95. The van der Waals surface area contributed by atoms with E-state index in [1.54, 1.807) is 0 Å². The Balaban J connectivity index is 2.13. The zero-order valence-corrected chi connectivity index (χ0v) is 12.4. The predicted octanol–water partition coefficient (Wildman–Crippen LogP) is 3.34. The Kier molecular flexibility index (Phi) is 3.67. The SMILES string of the molecule is CC(C)c1ccc(N2CCN(C)C(C)(C)C2)cc1. The van der Waals surface area contributed by atoms with Crippen LogP contribution in [0.3, 0.4) is 0 Å². The minimum Gasteiger partial charge on any atom is -0.368 e. The summed E-state index contributed by atoms with van der Waals surface area (Å²) in [5.74, 6) is 0.614. The van der Waals surface area contributed by atoms with Crippen molar-refractivity contribution in [1.29, 1.82) is 0 Å². The normalized spacial score (nSPS) is 20.4. The Labute approximate surface area is 112 Å². The van der Waals surface area contributed by atoms with Crippen LogP contribution in [0.2, 0.25) is 0 Å². The Hall–Kier alpha value is -1.02. The lowest BCUT2D eigenvalue weighted by Gasteiger charge is -2.46. The van der Waals surface area contributed by atoms with Gasteiger partial charge in [-0.15, -0.1) is 0 Å². The summed E-state index contributed by atoms with van der Waals surface area (Å²) < 4.78 is 0. The lowest BCUT2D eigenvalue weighted by Crippen LogP contribution is -2.57. The molecule has 0 bridgehead atoms. The molecule has 1 fully saturated rings. The molecule has 2 nitrogen and oxygen atoms in total. The number of piperazine rings is 1. The predicted molar refractivity (Wildman–Crippen MR) is 79.5 cm³/mol. The van der Waals surface area contributed by atoms with E-state index in [2.05, 4.69) is 68.8 Å². The highest BCUT2D eigenvalue weighted by Gasteiger charge is 2.30. The maximum absolute atomic E-state index is 2.50. The quantitative estimate of drug-likeness (QED) is 0.789. The highest BCUT2D eigenvalue weighted by molar-refractivity contribution is 5.49. The molecule has 1 aromatic rings. The standard InChI is InChI=1S/C16H26N2/c1-13(2)14-6-8-15(9-7-14)18-11-10-17(5)16(3,4)12-18/h6-9,13H,10-12H2,1-5H3. The van der Waals surface area contributed by atoms with E-state index in [0.29, 0.717) is 5.92 Å². The molecule has 0 saturated carbocycles. The molecular weight excluding hydrogens is 220 g/mol. The zero-order valence-electron chi connectivity index (χ0n) is 12.4. The van der Waals surface area contributed by atoms with Gasteiger partial charge in [-0.3, -0.25) is 4.90 Å². The van der Waals surface area contributed by atoms with Crippen molar-refractivity contribution < 1.29 is 0 Å². The molecule has 1 aliphatic heterocycles. The number of rotatable bonds is 2. The first-order valence-electron chi connectivity index (χ1n) is 6.96. The van der Waals surface area contributed by atoms with Crippen LogP contribution in [-0.4, -0.2) is 37.1 Å². The molecule has 18 heavy (non-hydrogen) atoms. The van der Waals surface area contributed by atoms with Gasteiger partial charge in [-0.25, -0.2) is 0 Å². The third-order valence-electron chi connectivity index (χ3n) is 4.24. The van der Waals surface area contributed by atoms with Gasteiger partial charge in [0.15, 0.2) is 0 Å². The highest BCUT2D eigenvalue weighted by atomic mass is 15.3. The fraction of sp³-hybridized carbons (Fsp3) is 0.625. The molecular formula is C16H26N2. The molecule has 1 saturated heterocycles. The third-order valence-corrected chi connectivity index (χ3v) is 4.24. The number of hydrogen-bond acceptors (Lipinski definition) is 2. The Bertz CT molecular complexity index is 392. The van der Waals surface area contributed by atoms with Crippen LogP contribution >= 0.6 is 0 Å². The van der Waals surface area contributed by atoms with Crippen LogP contribution in [0.25, 0.3) is 0 Å². The topological polar surface area (TPSA) is 6.48 Å². The van der Waals surface area contributed by atoms with Gasteiger partial charge in [0.1, 0.15) is 0 Å². The first-order chi connectivity index (χ1) is 8.40. The molecule has 0 amide bonds. The van der Waals surface area contributed by atoms with Crippen LogP contribution < -0.4 is 4.90 Å². The van der Waals surface area contributed by atoms with E-state index < -0.39 is 0 Å². The lowest BCUT2D eigenvalue weighted by molar-refractivity contribution is 0.139. The van der Waals surface area contributed by atoms with E-state index in [1.165, 1.54) is 11.3 Å². The van der Waals surface area contributed by atoms with Crippen molar-refractivity contribution in [3.8, 4) is 0 Å². The zero-order chi connectivity index (χ0) is 13.3. The van der Waals surface area contributed by atoms with E-state index in [9.17, 15) is 0 Å². The molecule has 2 heteroatoms. The molecule has 0 spiro atoms. The molecule has 0 aromatic heterocycles. The molecule has 0 unspecified atom stereocenters. The van der Waals surface area contributed by atoms with Crippen LogP contribution in [-0.2, 0) is 0 Å². The number of benzene rings is 1. The summed E-state index contributed by atoms with van der Waals surface area (Å²) >= 11 is 0. The summed E-state index contributed by atoms with van der Waals surface area (Å²) in [5, 5.41) is 0. The van der Waals surface area contributed by atoms with Crippen molar-refractivity contribution in [2.24, 2.45) is 0 Å². The van der Waals surface area contributed by atoms with Gasteiger partial charge in [0.05, 0.1) is 0 Å². The Morgan fingerprint density at radius 2 is 1.67 bits per heavy atom. The monoisotopic (exact) mass is 246 g/mol. The van der Waals surface area contributed by atoms with Crippen molar-refractivity contribution in [2.75, 3.05) is 31.6 Å². The molecule has 1 aliphatic rings. The molecule has 2 rings (SSSR count). The fourth-order valence-corrected chi connectivity index (χ4v) is 2.53. The van der Waals surface area contributed by atoms with E-state index in [0.717, 1.165) is 19.6 Å². The first kappa shape index (κ1) is 13.4. The van der Waals surface area contributed by atoms with Crippen molar-refractivity contribution in [3.63, 3.8) is 0 Å². The molecule has 1 heterocycles. The molecule has 0 atom stereocenters. The Morgan fingerprint density at radius 3 is 2.17 bits per heavy atom. The van der Waals surface area contributed by atoms with Crippen LogP contribution in [0.4, 0.5) is 5.69 Å². The van der Waals surface area contributed by atoms with Gasteiger partial charge < -0.3 is 4.90 Å². The maximum Gasteiger partial charge on any atom is 0.0367 e. The first-order valence-corrected chi connectivity index (χ1v) is 6.96. The second kappa shape index (κ2) is 4.93. The number of nitrogens with zero attached hydrogens (tertiary/aromatic N) is 2. The van der Waals surface area contributed by atoms with Gasteiger partial charge in [-0.1, -0.05) is 26.0 Å². The molecule has 0 aliphatic carbocycles. The van der Waals surface area contributed by atoms with Gasteiger partial charge >= 0.3 is 0 Å². The van der Waals surface area contributed by atoms with Crippen LogP contribution in [0.15, 0.2) is 24.3 Å². The maximum atomic E-state index is 2.50. The molecule has 0 radical (unpaired) electrons. The second-order valence-electron chi connectivity index (χ2n) is 6.40. The van der Waals surface area contributed by atoms with Crippen LogP contribution in [0.1, 0.15) is 39.2 Å². The summed E-state index contributed by atoms with van der Waals surface area (Å²) in [6, 6.07) is 9.09. The average molecular weight is 246 g/mol. The van der Waals surface area contributed by atoms with E-state index >= 15 is 0 Å². The molecule has 100 valence electrons. The van der Waals surface area contributed by atoms with Crippen molar-refractivity contribution in [1.82, 2.24) is 4.90 Å². The average Bonchev–Trinajstić information content (AvgIpc) is 2.33. The van der Waals surface area contributed by atoms with Gasteiger partial charge in [0, 0.05) is 30.9 Å². The Morgan fingerprint density at radius 1 is 1.06 bits per heavy atom. The third kappa shape index (κ3) is 2.69. The smallest absolute Gasteiger partial charge is 0.0367 e. The van der Waals surface area contributed by atoms with Crippen molar-refractivity contribution >= 4 is 5.69 Å². The van der Waals surface area contributed by atoms with E-state index in [1.807, 2.05) is 0 Å². The van der Waals surface area contributed by atoms with Crippen LogP contribution in [0.5, 0.6) is 0 Å². The minimum atomic E-state index is 0.259. The molecule has 1 aromatic carbocycles. The second-order valence-corrected chi connectivity index (χ2v) is 6.40. The fourth-order valence-electron chi connectivity index (χ4n) is 2.53. The van der Waals surface area contributed by atoms with Gasteiger partial charge in [-0.2, -0.15) is 0 Å². The molecule has 0 N–H and O–H groups in total. The lowest BCUT2D eigenvalue weighted by atomic mass is 9.98. The van der Waals surface area contributed by atoms with Crippen molar-refractivity contribution in [2.45, 2.75) is 39.2 Å². The number of likely N-dealkylation sites (N-methyl/N-ethyl adjacent to an activating group) is 1. The summed E-state index contributed by atoms with van der Waals surface area (Å²) in [7, 11) is 2.22. The number of hydrogen-bond donors (Lipinski definition) is 0. The summed E-state index contributed by atoms with van der Waals surface area (Å²) in [5.41, 5.74) is 3.04. The van der Waals surface area contributed by atoms with Gasteiger partial charge in [0.2, 0.25) is 0 Å². The van der Waals surface area contributed by atoms with Gasteiger partial charge in [0.25, 0.3) is 0 Å². The largest absolute Gasteiger partial charge is 0.368 e. The summed E-state index contributed by atoms with van der Waals surface area (Å²) in [6.07, 6.45) is 0. The van der Waals surface area contributed by atoms with Gasteiger partial charge in [-0.05, 0) is 44.5 Å². The van der Waals surface area contributed by atoms with E-state index in [4.69, 9.17) is 0 Å². The summed E-state index contributed by atoms with van der Waals surface area (Å²) in [6.45, 7) is 12.5. The van der Waals surface area contributed by atoms with Crippen molar-refractivity contribution in [3.05, 3.63) is 29.8 Å². The highest BCUT2D eigenvalue weighted by Crippen LogP contribution is 2.25. The minimum absolute atomic E-state index is 0.259.